The fourth-order valence-corrected chi connectivity index (χ4v) is 5.29. The van der Waals surface area contributed by atoms with E-state index in [-0.39, 0.29) is 16.9 Å². The number of aromatic nitrogens is 2. The Bertz CT molecular complexity index is 1690. The molecule has 0 saturated carbocycles. The Morgan fingerprint density at radius 1 is 1.13 bits per heavy atom. The molecule has 4 aromatic rings. The summed E-state index contributed by atoms with van der Waals surface area (Å²) < 4.78 is 49.8. The van der Waals surface area contributed by atoms with Gasteiger partial charge in [-0.1, -0.05) is 29.8 Å². The minimum atomic E-state index is -3.40. The number of hydrogen-bond donors (Lipinski definition) is 1. The van der Waals surface area contributed by atoms with Gasteiger partial charge in [-0.05, 0) is 48.4 Å². The lowest BCUT2D eigenvalue weighted by molar-refractivity contribution is 0.369. The molecular formula is C27H24ClFN4O4S. The number of methoxy groups -OCH3 is 1. The van der Waals surface area contributed by atoms with E-state index >= 15 is 0 Å². The first-order chi connectivity index (χ1) is 18.0. The van der Waals surface area contributed by atoms with Crippen molar-refractivity contribution in [2.75, 3.05) is 18.3 Å². The highest BCUT2D eigenvalue weighted by Gasteiger charge is 2.27. The Morgan fingerprint density at radius 3 is 2.55 bits per heavy atom. The van der Waals surface area contributed by atoms with Crippen LogP contribution in [0.4, 0.5) is 10.1 Å². The van der Waals surface area contributed by atoms with Crippen molar-refractivity contribution in [2.45, 2.75) is 24.9 Å². The van der Waals surface area contributed by atoms with Gasteiger partial charge in [0.1, 0.15) is 17.0 Å². The number of nitrogens with one attached hydrogen (secondary N) is 1. The van der Waals surface area contributed by atoms with Crippen LogP contribution in [0.15, 0.2) is 75.4 Å². The quantitative estimate of drug-likeness (QED) is 0.302. The van der Waals surface area contributed by atoms with Crippen LogP contribution in [0, 0.1) is 12.7 Å². The third kappa shape index (κ3) is 4.84. The topological polar surface area (TPSA) is 97.6 Å². The number of aryl methyl sites for hydroxylation is 1. The Balaban J connectivity index is 1.73. The highest BCUT2D eigenvalue weighted by Crippen LogP contribution is 2.42. The molecule has 1 unspecified atom stereocenters. The Hall–Kier alpha value is -3.89. The van der Waals surface area contributed by atoms with Gasteiger partial charge >= 0.3 is 0 Å². The molecule has 0 saturated heterocycles. The molecule has 1 aliphatic heterocycles. The third-order valence-electron chi connectivity index (χ3n) is 6.14. The van der Waals surface area contributed by atoms with Crippen molar-refractivity contribution < 1.29 is 22.0 Å². The van der Waals surface area contributed by atoms with Crippen molar-refractivity contribution in [1.82, 2.24) is 15.3 Å². The van der Waals surface area contributed by atoms with Gasteiger partial charge in [-0.3, -0.25) is 0 Å². The van der Waals surface area contributed by atoms with Crippen molar-refractivity contribution in [2.24, 2.45) is 0 Å². The van der Waals surface area contributed by atoms with Crippen LogP contribution in [-0.4, -0.2) is 37.9 Å². The minimum absolute atomic E-state index is 0.128. The molecule has 0 aliphatic carbocycles. The number of rotatable bonds is 6. The van der Waals surface area contributed by atoms with E-state index < -0.39 is 15.7 Å². The van der Waals surface area contributed by atoms with Crippen LogP contribution in [0.2, 0.25) is 0 Å². The average molecular weight is 555 g/mol. The highest BCUT2D eigenvalue weighted by molar-refractivity contribution is 7.90. The van der Waals surface area contributed by atoms with E-state index in [1.165, 1.54) is 25.6 Å². The van der Waals surface area contributed by atoms with Crippen LogP contribution < -0.4 is 15.0 Å². The molecule has 3 heterocycles. The molecule has 11 heteroatoms. The SMILES string of the molecule is COc1ncc(-c2oc(C)nc2-c2cc(-c3cccc(S(C)(=O)=O)c3)ccc2N2C=C(Cl)NC2C)cc1F. The van der Waals surface area contributed by atoms with Gasteiger partial charge in [0.15, 0.2) is 27.3 Å². The zero-order valence-corrected chi connectivity index (χ0v) is 22.6. The van der Waals surface area contributed by atoms with Crippen molar-refractivity contribution >= 4 is 27.1 Å². The molecule has 0 fully saturated rings. The van der Waals surface area contributed by atoms with Gasteiger partial charge in [0, 0.05) is 36.7 Å². The second-order valence-electron chi connectivity index (χ2n) is 8.86. The van der Waals surface area contributed by atoms with E-state index in [1.54, 1.807) is 31.3 Å². The number of nitrogens with zero attached hydrogens (tertiary/aromatic N) is 3. The van der Waals surface area contributed by atoms with Crippen LogP contribution in [0.1, 0.15) is 12.8 Å². The maximum Gasteiger partial charge on any atom is 0.250 e. The van der Waals surface area contributed by atoms with Crippen LogP contribution in [0.5, 0.6) is 5.88 Å². The first kappa shape index (κ1) is 25.7. The number of hydrogen-bond acceptors (Lipinski definition) is 8. The fourth-order valence-electron chi connectivity index (χ4n) is 4.36. The monoisotopic (exact) mass is 554 g/mol. The lowest BCUT2D eigenvalue weighted by atomic mass is 9.98. The maximum atomic E-state index is 14.6. The summed E-state index contributed by atoms with van der Waals surface area (Å²) in [4.78, 5) is 10.9. The van der Waals surface area contributed by atoms with E-state index in [4.69, 9.17) is 20.8 Å². The molecule has 2 aromatic heterocycles. The minimum Gasteiger partial charge on any atom is -0.479 e. The van der Waals surface area contributed by atoms with Gasteiger partial charge in [0.05, 0.1) is 17.7 Å². The summed E-state index contributed by atoms with van der Waals surface area (Å²) in [6.07, 6.45) is 4.25. The lowest BCUT2D eigenvalue weighted by Gasteiger charge is -2.25. The number of pyridine rings is 1. The maximum absolute atomic E-state index is 14.6. The molecular weight excluding hydrogens is 531 g/mol. The molecule has 5 rings (SSSR count). The Morgan fingerprint density at radius 2 is 1.89 bits per heavy atom. The number of oxazole rings is 1. The molecule has 196 valence electrons. The molecule has 8 nitrogen and oxygen atoms in total. The summed E-state index contributed by atoms with van der Waals surface area (Å²) in [5.74, 6) is -0.0575. The van der Waals surface area contributed by atoms with Crippen molar-refractivity contribution in [1.29, 1.82) is 0 Å². The zero-order valence-electron chi connectivity index (χ0n) is 21.0. The van der Waals surface area contributed by atoms with Gasteiger partial charge in [0.2, 0.25) is 5.88 Å². The molecule has 0 spiro atoms. The average Bonchev–Trinajstić information content (AvgIpc) is 3.44. The number of anilines is 1. The summed E-state index contributed by atoms with van der Waals surface area (Å²) >= 11 is 6.27. The predicted molar refractivity (Wildman–Crippen MR) is 144 cm³/mol. The van der Waals surface area contributed by atoms with E-state index in [9.17, 15) is 12.8 Å². The van der Waals surface area contributed by atoms with Gasteiger partial charge in [-0.15, -0.1) is 0 Å². The second kappa shape index (κ2) is 9.77. The zero-order chi connectivity index (χ0) is 27.2. The number of sulfone groups is 1. The summed E-state index contributed by atoms with van der Waals surface area (Å²) in [6, 6.07) is 13.7. The van der Waals surface area contributed by atoms with Gasteiger partial charge < -0.3 is 19.4 Å². The molecule has 0 amide bonds. The normalized spacial score (nSPS) is 15.4. The molecule has 0 bridgehead atoms. The van der Waals surface area contributed by atoms with E-state index in [0.29, 0.717) is 39.2 Å². The van der Waals surface area contributed by atoms with Crippen LogP contribution in [0.3, 0.4) is 0 Å². The molecule has 1 atom stereocenters. The standard InChI is InChI=1S/C27H24ClFN4O4S/c1-15-31-24(28)14-33(15)23-9-8-18(17-6-5-7-20(10-17)38(4,34)35)11-21(23)25-26(37-16(2)32-25)19-12-22(29)27(36-3)30-13-19/h5-15,31H,1-4H3. The van der Waals surface area contributed by atoms with Gasteiger partial charge in [-0.2, -0.15) is 0 Å². The van der Waals surface area contributed by atoms with Crippen molar-refractivity contribution in [3.05, 3.63) is 77.8 Å². The van der Waals surface area contributed by atoms with Crippen molar-refractivity contribution in [3.63, 3.8) is 0 Å². The largest absolute Gasteiger partial charge is 0.479 e. The first-order valence-corrected chi connectivity index (χ1v) is 13.9. The fraction of sp³-hybridized carbons (Fsp3) is 0.185. The summed E-state index contributed by atoms with van der Waals surface area (Å²) in [7, 11) is -2.06. The number of ether oxygens (including phenoxy) is 1. The molecule has 38 heavy (non-hydrogen) atoms. The second-order valence-corrected chi connectivity index (χ2v) is 11.3. The smallest absolute Gasteiger partial charge is 0.250 e. The van der Waals surface area contributed by atoms with Crippen LogP contribution in [-0.2, 0) is 9.84 Å². The van der Waals surface area contributed by atoms with E-state index in [2.05, 4.69) is 15.3 Å². The Labute approximate surface area is 224 Å². The van der Waals surface area contributed by atoms with E-state index in [1.807, 2.05) is 36.1 Å². The third-order valence-corrected chi connectivity index (χ3v) is 7.46. The summed E-state index contributed by atoms with van der Waals surface area (Å²) in [6.45, 7) is 3.66. The van der Waals surface area contributed by atoms with E-state index in [0.717, 1.165) is 11.3 Å². The van der Waals surface area contributed by atoms with Gasteiger partial charge in [0.25, 0.3) is 0 Å². The lowest BCUT2D eigenvalue weighted by Crippen LogP contribution is -2.32. The highest BCUT2D eigenvalue weighted by atomic mass is 35.5. The van der Waals surface area contributed by atoms with Crippen molar-refractivity contribution in [3.8, 4) is 39.6 Å². The molecule has 2 aromatic carbocycles. The van der Waals surface area contributed by atoms with Gasteiger partial charge in [-0.25, -0.2) is 22.8 Å². The first-order valence-electron chi connectivity index (χ1n) is 11.6. The molecule has 1 N–H and O–H groups in total. The number of benzene rings is 2. The molecule has 0 radical (unpaired) electrons. The van der Waals surface area contributed by atoms with Crippen LogP contribution >= 0.6 is 11.6 Å². The predicted octanol–water partition coefficient (Wildman–Crippen LogP) is 5.72. The summed E-state index contributed by atoms with van der Waals surface area (Å²) in [5, 5.41) is 3.63. The Kier molecular flexibility index (Phi) is 6.62. The number of halogens is 2. The van der Waals surface area contributed by atoms with Crippen LogP contribution in [0.25, 0.3) is 33.7 Å². The molecule has 1 aliphatic rings. The summed E-state index contributed by atoms with van der Waals surface area (Å²) in [5.41, 5.74) is 3.76.